The quantitative estimate of drug-likeness (QED) is 0.828. The van der Waals surface area contributed by atoms with Crippen LogP contribution in [0.15, 0.2) is 24.3 Å². The summed E-state index contributed by atoms with van der Waals surface area (Å²) in [7, 11) is 1.74. The van der Waals surface area contributed by atoms with Gasteiger partial charge in [-0.25, -0.2) is 0 Å². The molecule has 0 bridgehead atoms. The fourth-order valence-corrected chi connectivity index (χ4v) is 2.05. The van der Waals surface area contributed by atoms with Gasteiger partial charge in [0, 0.05) is 26.4 Å². The van der Waals surface area contributed by atoms with Crippen molar-refractivity contribution in [1.82, 2.24) is 4.90 Å². The average molecular weight is 264 g/mol. The second kappa shape index (κ2) is 5.35. The van der Waals surface area contributed by atoms with Crippen molar-refractivity contribution in [2.24, 2.45) is 5.73 Å². The molecule has 2 rings (SSSR count). The van der Waals surface area contributed by atoms with Crippen LogP contribution in [0.5, 0.6) is 5.75 Å². The Bertz CT molecular complexity index is 451. The summed E-state index contributed by atoms with van der Waals surface area (Å²) < 4.78 is 5.64. The van der Waals surface area contributed by atoms with Gasteiger partial charge in [-0.15, -0.1) is 0 Å². The van der Waals surface area contributed by atoms with E-state index in [1.807, 2.05) is 24.3 Å². The number of amides is 1. The molecule has 0 aromatic heterocycles. The lowest BCUT2D eigenvalue weighted by Crippen LogP contribution is -2.40. The van der Waals surface area contributed by atoms with Crippen LogP contribution in [-0.2, 0) is 11.2 Å². The van der Waals surface area contributed by atoms with Crippen molar-refractivity contribution in [2.45, 2.75) is 18.9 Å². The molecule has 0 saturated carbocycles. The molecular formula is C13H16N2O2S. The number of rotatable bonds is 4. The first-order valence-corrected chi connectivity index (χ1v) is 6.26. The largest absolute Gasteiger partial charge is 0.480 e. The van der Waals surface area contributed by atoms with Gasteiger partial charge in [0.2, 0.25) is 0 Å². The zero-order valence-corrected chi connectivity index (χ0v) is 11.1. The molecule has 0 aliphatic carbocycles. The van der Waals surface area contributed by atoms with Crippen molar-refractivity contribution < 1.29 is 9.53 Å². The minimum absolute atomic E-state index is 0.0255. The lowest BCUT2D eigenvalue weighted by atomic mass is 10.1. The second-order valence-electron chi connectivity index (χ2n) is 4.39. The monoisotopic (exact) mass is 264 g/mol. The van der Waals surface area contributed by atoms with E-state index >= 15 is 0 Å². The number of nitrogens with zero attached hydrogens (tertiary/aromatic N) is 1. The van der Waals surface area contributed by atoms with Crippen LogP contribution in [-0.4, -0.2) is 35.5 Å². The van der Waals surface area contributed by atoms with Gasteiger partial charge < -0.3 is 15.4 Å². The smallest absolute Gasteiger partial charge is 0.263 e. The first-order valence-electron chi connectivity index (χ1n) is 5.86. The predicted octanol–water partition coefficient (Wildman–Crippen LogP) is 1.12. The highest BCUT2D eigenvalue weighted by atomic mass is 32.1. The highest BCUT2D eigenvalue weighted by Crippen LogP contribution is 2.28. The van der Waals surface area contributed by atoms with Gasteiger partial charge in [-0.3, -0.25) is 4.79 Å². The molecule has 96 valence electrons. The molecule has 1 unspecified atom stereocenters. The molecule has 18 heavy (non-hydrogen) atoms. The number of fused-ring (bicyclic) bond motifs is 1. The summed E-state index contributed by atoms with van der Waals surface area (Å²) in [5, 5.41) is 0. The molecule has 4 nitrogen and oxygen atoms in total. The standard InChI is InChI=1S/C13H16N2O2S/c1-15(7-6-12(14)18)13(16)11-8-9-4-2-3-5-10(9)17-11/h2-5,11H,6-8H2,1H3,(H2,14,18). The molecule has 0 spiro atoms. The summed E-state index contributed by atoms with van der Waals surface area (Å²) in [6.07, 6.45) is 0.752. The van der Waals surface area contributed by atoms with Crippen LogP contribution in [0.25, 0.3) is 0 Å². The molecule has 1 aliphatic heterocycles. The molecule has 0 fully saturated rings. The van der Waals surface area contributed by atoms with E-state index in [2.05, 4.69) is 0 Å². The number of likely N-dealkylation sites (N-methyl/N-ethyl adjacent to an activating group) is 1. The summed E-state index contributed by atoms with van der Waals surface area (Å²) in [6.45, 7) is 0.532. The third-order valence-electron chi connectivity index (χ3n) is 2.99. The molecule has 1 heterocycles. The van der Waals surface area contributed by atoms with Crippen LogP contribution in [0.3, 0.4) is 0 Å². The first-order chi connectivity index (χ1) is 8.58. The van der Waals surface area contributed by atoms with Crippen LogP contribution in [0.4, 0.5) is 0 Å². The maximum atomic E-state index is 12.1. The van der Waals surface area contributed by atoms with Gasteiger partial charge in [-0.2, -0.15) is 0 Å². The number of thiocarbonyl (C=S) groups is 1. The second-order valence-corrected chi connectivity index (χ2v) is 4.92. The molecule has 2 N–H and O–H groups in total. The molecule has 1 atom stereocenters. The van der Waals surface area contributed by atoms with Gasteiger partial charge >= 0.3 is 0 Å². The van der Waals surface area contributed by atoms with Crippen molar-refractivity contribution in [3.8, 4) is 5.75 Å². The van der Waals surface area contributed by atoms with Gasteiger partial charge in [0.1, 0.15) is 5.75 Å². The van der Waals surface area contributed by atoms with Crippen LogP contribution < -0.4 is 10.5 Å². The summed E-state index contributed by atoms with van der Waals surface area (Å²) >= 11 is 4.80. The third-order valence-corrected chi connectivity index (χ3v) is 3.20. The highest BCUT2D eigenvalue weighted by Gasteiger charge is 2.30. The van der Waals surface area contributed by atoms with E-state index in [0.29, 0.717) is 24.4 Å². The van der Waals surface area contributed by atoms with E-state index in [0.717, 1.165) is 11.3 Å². The molecule has 5 heteroatoms. The Hall–Kier alpha value is -1.62. The van der Waals surface area contributed by atoms with Crippen LogP contribution in [0, 0.1) is 0 Å². The topological polar surface area (TPSA) is 55.6 Å². The minimum Gasteiger partial charge on any atom is -0.480 e. The summed E-state index contributed by atoms with van der Waals surface area (Å²) in [4.78, 5) is 14.2. The van der Waals surface area contributed by atoms with Gasteiger partial charge in [0.25, 0.3) is 5.91 Å². The Kier molecular flexibility index (Phi) is 3.81. The van der Waals surface area contributed by atoms with Crippen LogP contribution in [0.1, 0.15) is 12.0 Å². The summed E-state index contributed by atoms with van der Waals surface area (Å²) in [6, 6.07) is 7.73. The fourth-order valence-electron chi connectivity index (χ4n) is 1.95. The van der Waals surface area contributed by atoms with Crippen molar-refractivity contribution in [1.29, 1.82) is 0 Å². The Morgan fingerprint density at radius 1 is 1.56 bits per heavy atom. The van der Waals surface area contributed by atoms with Gasteiger partial charge in [0.05, 0.1) is 4.99 Å². The van der Waals surface area contributed by atoms with Crippen molar-refractivity contribution in [3.05, 3.63) is 29.8 Å². The van der Waals surface area contributed by atoms with E-state index in [4.69, 9.17) is 22.7 Å². The highest BCUT2D eigenvalue weighted by molar-refractivity contribution is 7.80. The van der Waals surface area contributed by atoms with E-state index in [-0.39, 0.29) is 5.91 Å². The van der Waals surface area contributed by atoms with E-state index in [1.54, 1.807) is 11.9 Å². The Labute approximate surface area is 112 Å². The van der Waals surface area contributed by atoms with E-state index in [9.17, 15) is 4.79 Å². The average Bonchev–Trinajstić information content (AvgIpc) is 2.78. The van der Waals surface area contributed by atoms with Crippen molar-refractivity contribution in [2.75, 3.05) is 13.6 Å². The summed E-state index contributed by atoms with van der Waals surface area (Å²) in [5.41, 5.74) is 6.51. The zero-order valence-electron chi connectivity index (χ0n) is 10.3. The predicted molar refractivity (Wildman–Crippen MR) is 73.6 cm³/mol. The van der Waals surface area contributed by atoms with E-state index in [1.165, 1.54) is 0 Å². The summed E-state index contributed by atoms with van der Waals surface area (Å²) in [5.74, 6) is 0.779. The lowest BCUT2D eigenvalue weighted by molar-refractivity contribution is -0.136. The molecule has 1 aromatic rings. The van der Waals surface area contributed by atoms with E-state index < -0.39 is 6.10 Å². The lowest BCUT2D eigenvalue weighted by Gasteiger charge is -2.20. The molecular weight excluding hydrogens is 248 g/mol. The Morgan fingerprint density at radius 2 is 2.28 bits per heavy atom. The fraction of sp³-hybridized carbons (Fsp3) is 0.385. The molecule has 1 aromatic carbocycles. The molecule has 0 radical (unpaired) electrons. The van der Waals surface area contributed by atoms with Gasteiger partial charge in [0.15, 0.2) is 6.10 Å². The normalized spacial score (nSPS) is 16.8. The molecule has 1 amide bonds. The number of benzene rings is 1. The van der Waals surface area contributed by atoms with Crippen LogP contribution >= 0.6 is 12.2 Å². The maximum Gasteiger partial charge on any atom is 0.263 e. The molecule has 0 saturated heterocycles. The number of nitrogens with two attached hydrogens (primary N) is 1. The SMILES string of the molecule is CN(CCC(N)=S)C(=O)C1Cc2ccccc2O1. The van der Waals surface area contributed by atoms with Gasteiger partial charge in [-0.1, -0.05) is 30.4 Å². The Morgan fingerprint density at radius 3 is 2.94 bits per heavy atom. The Balaban J connectivity index is 1.94. The number of hydrogen-bond donors (Lipinski definition) is 1. The zero-order chi connectivity index (χ0) is 13.1. The number of carbonyl (C=O) groups is 1. The number of carbonyl (C=O) groups excluding carboxylic acids is 1. The van der Waals surface area contributed by atoms with Gasteiger partial charge in [-0.05, 0) is 11.6 Å². The number of para-hydroxylation sites is 1. The number of hydrogen-bond acceptors (Lipinski definition) is 3. The van der Waals surface area contributed by atoms with Crippen LogP contribution in [0.2, 0.25) is 0 Å². The number of ether oxygens (including phenoxy) is 1. The maximum absolute atomic E-state index is 12.1. The third kappa shape index (κ3) is 2.79. The molecule has 1 aliphatic rings. The minimum atomic E-state index is -0.418. The van der Waals surface area contributed by atoms with Crippen molar-refractivity contribution in [3.63, 3.8) is 0 Å². The first kappa shape index (κ1) is 12.8. The van der Waals surface area contributed by atoms with Crippen molar-refractivity contribution >= 4 is 23.1 Å².